The molecule has 1 fully saturated rings. The highest BCUT2D eigenvalue weighted by Crippen LogP contribution is 2.30. The summed E-state index contributed by atoms with van der Waals surface area (Å²) in [5.74, 6) is 0.739. The van der Waals surface area contributed by atoms with E-state index in [1.54, 1.807) is 12.1 Å². The molecule has 0 radical (unpaired) electrons. The van der Waals surface area contributed by atoms with E-state index in [1.807, 2.05) is 17.0 Å². The van der Waals surface area contributed by atoms with Gasteiger partial charge in [-0.05, 0) is 53.6 Å². The fourth-order valence-electron chi connectivity index (χ4n) is 5.01. The van der Waals surface area contributed by atoms with Crippen molar-refractivity contribution in [3.63, 3.8) is 0 Å². The number of hydrogen-bond donors (Lipinski definition) is 1. The molecule has 0 aliphatic carbocycles. The van der Waals surface area contributed by atoms with Gasteiger partial charge in [-0.15, -0.1) is 0 Å². The lowest BCUT2D eigenvalue weighted by molar-refractivity contribution is -0.135. The molecule has 8 nitrogen and oxygen atoms in total. The van der Waals surface area contributed by atoms with Crippen molar-refractivity contribution in [3.05, 3.63) is 119 Å². The average Bonchev–Trinajstić information content (AvgIpc) is 3.01. The van der Waals surface area contributed by atoms with E-state index >= 15 is 0 Å². The maximum Gasteiger partial charge on any atom is 0.261 e. The predicted octanol–water partition coefficient (Wildman–Crippen LogP) is 5.46. The molecule has 1 amide bonds. The van der Waals surface area contributed by atoms with Crippen LogP contribution in [0.25, 0.3) is 0 Å². The van der Waals surface area contributed by atoms with Crippen LogP contribution in [-0.2, 0) is 14.8 Å². The first-order chi connectivity index (χ1) is 20.3. The highest BCUT2D eigenvalue weighted by molar-refractivity contribution is 7.92. The first-order valence-electron chi connectivity index (χ1n) is 13.5. The number of rotatable bonds is 10. The Labute approximate surface area is 251 Å². The van der Waals surface area contributed by atoms with E-state index in [0.717, 1.165) is 13.1 Å². The van der Waals surface area contributed by atoms with Gasteiger partial charge in [0.2, 0.25) is 0 Å². The maximum absolute atomic E-state index is 12.9. The molecule has 0 spiro atoms. The SMILES string of the molecule is COc1ccc(NS(=O)(=O)c2ccc(OCC(=O)N3CCN(C(c4ccccc4)c4ccccc4)CC3)cc2)cc1Cl. The molecule has 42 heavy (non-hydrogen) atoms. The summed E-state index contributed by atoms with van der Waals surface area (Å²) >= 11 is 6.10. The number of carbonyl (C=O) groups excluding carboxylic acids is 1. The minimum atomic E-state index is -3.85. The fraction of sp³-hybridized carbons (Fsp3) is 0.219. The molecule has 5 rings (SSSR count). The Morgan fingerprint density at radius 2 is 1.45 bits per heavy atom. The number of methoxy groups -OCH3 is 1. The summed E-state index contributed by atoms with van der Waals surface area (Å²) in [6.07, 6.45) is 0. The third-order valence-corrected chi connectivity index (χ3v) is 8.86. The molecule has 0 saturated carbocycles. The zero-order chi connectivity index (χ0) is 29.5. The van der Waals surface area contributed by atoms with Gasteiger partial charge in [0.1, 0.15) is 11.5 Å². The monoisotopic (exact) mass is 605 g/mol. The summed E-state index contributed by atoms with van der Waals surface area (Å²) < 4.78 is 38.9. The Morgan fingerprint density at radius 3 is 2.00 bits per heavy atom. The fourth-order valence-corrected chi connectivity index (χ4v) is 6.32. The summed E-state index contributed by atoms with van der Waals surface area (Å²) in [7, 11) is -2.37. The number of benzene rings is 4. The molecule has 10 heteroatoms. The van der Waals surface area contributed by atoms with E-state index < -0.39 is 10.0 Å². The van der Waals surface area contributed by atoms with Crippen molar-refractivity contribution < 1.29 is 22.7 Å². The molecule has 0 atom stereocenters. The van der Waals surface area contributed by atoms with Gasteiger partial charge in [0.25, 0.3) is 15.9 Å². The van der Waals surface area contributed by atoms with Crippen LogP contribution >= 0.6 is 11.6 Å². The van der Waals surface area contributed by atoms with E-state index in [9.17, 15) is 13.2 Å². The lowest BCUT2D eigenvalue weighted by Gasteiger charge is -2.39. The number of nitrogens with zero attached hydrogens (tertiary/aromatic N) is 2. The first kappa shape index (κ1) is 29.4. The van der Waals surface area contributed by atoms with Crippen molar-refractivity contribution in [1.82, 2.24) is 9.80 Å². The normalized spacial score (nSPS) is 14.0. The van der Waals surface area contributed by atoms with E-state index in [1.165, 1.54) is 48.6 Å². The molecule has 1 aliphatic rings. The van der Waals surface area contributed by atoms with Gasteiger partial charge in [0.15, 0.2) is 6.61 Å². The summed E-state index contributed by atoms with van der Waals surface area (Å²) in [4.78, 5) is 17.2. The van der Waals surface area contributed by atoms with Crippen molar-refractivity contribution in [2.24, 2.45) is 0 Å². The zero-order valence-corrected chi connectivity index (χ0v) is 24.7. The number of piperazine rings is 1. The van der Waals surface area contributed by atoms with Crippen LogP contribution in [0.5, 0.6) is 11.5 Å². The zero-order valence-electron chi connectivity index (χ0n) is 23.1. The van der Waals surface area contributed by atoms with Crippen molar-refractivity contribution >= 4 is 33.2 Å². The molecule has 0 unspecified atom stereocenters. The number of ether oxygens (including phenoxy) is 2. The number of nitrogens with one attached hydrogen (secondary N) is 1. The standard InChI is InChI=1S/C32H32ClN3O5S/c1-40-30-17-12-26(22-29(30)33)34-42(38,39)28-15-13-27(14-16-28)41-23-31(37)35-18-20-36(21-19-35)32(24-8-4-2-5-9-24)25-10-6-3-7-11-25/h2-17,22,32,34H,18-21,23H2,1H3. The average molecular weight is 606 g/mol. The van der Waals surface area contributed by atoms with E-state index in [2.05, 4.69) is 58.2 Å². The number of hydrogen-bond acceptors (Lipinski definition) is 6. The Kier molecular flexibility index (Phi) is 9.31. The van der Waals surface area contributed by atoms with Gasteiger partial charge in [-0.2, -0.15) is 0 Å². The van der Waals surface area contributed by atoms with Crippen LogP contribution in [0, 0.1) is 0 Å². The molecular formula is C32H32ClN3O5S. The number of anilines is 1. The third-order valence-electron chi connectivity index (χ3n) is 7.16. The summed E-state index contributed by atoms with van der Waals surface area (Å²) in [5, 5.41) is 0.291. The van der Waals surface area contributed by atoms with Gasteiger partial charge < -0.3 is 14.4 Å². The second kappa shape index (κ2) is 13.3. The van der Waals surface area contributed by atoms with Gasteiger partial charge >= 0.3 is 0 Å². The smallest absolute Gasteiger partial charge is 0.261 e. The van der Waals surface area contributed by atoms with Crippen LogP contribution in [0.4, 0.5) is 5.69 Å². The molecule has 1 N–H and O–H groups in total. The Balaban J connectivity index is 1.15. The maximum atomic E-state index is 12.9. The molecule has 0 bridgehead atoms. The van der Waals surface area contributed by atoms with Gasteiger partial charge in [0.05, 0.1) is 28.8 Å². The highest BCUT2D eigenvalue weighted by Gasteiger charge is 2.28. The second-order valence-electron chi connectivity index (χ2n) is 9.86. The third kappa shape index (κ3) is 7.05. The molecule has 0 aromatic heterocycles. The van der Waals surface area contributed by atoms with Gasteiger partial charge in [-0.3, -0.25) is 14.4 Å². The first-order valence-corrected chi connectivity index (χ1v) is 15.4. The van der Waals surface area contributed by atoms with Crippen LogP contribution in [0.3, 0.4) is 0 Å². The van der Waals surface area contributed by atoms with Gasteiger partial charge in [-0.25, -0.2) is 8.42 Å². The van der Waals surface area contributed by atoms with Crippen LogP contribution < -0.4 is 14.2 Å². The Morgan fingerprint density at radius 1 is 0.857 bits per heavy atom. The van der Waals surface area contributed by atoms with Crippen molar-refractivity contribution in [3.8, 4) is 11.5 Å². The quantitative estimate of drug-likeness (QED) is 0.258. The number of sulfonamides is 1. The van der Waals surface area contributed by atoms with Crippen LogP contribution in [0.1, 0.15) is 17.2 Å². The minimum absolute atomic E-state index is 0.0515. The topological polar surface area (TPSA) is 88.2 Å². The summed E-state index contributed by atoms with van der Waals surface area (Å²) in [5.41, 5.74) is 2.76. The molecule has 4 aromatic carbocycles. The van der Waals surface area contributed by atoms with Crippen molar-refractivity contribution in [1.29, 1.82) is 0 Å². The lowest BCUT2D eigenvalue weighted by Crippen LogP contribution is -2.51. The highest BCUT2D eigenvalue weighted by atomic mass is 35.5. The minimum Gasteiger partial charge on any atom is -0.495 e. The molecule has 4 aromatic rings. The van der Waals surface area contributed by atoms with E-state index in [-0.39, 0.29) is 23.5 Å². The number of amides is 1. The number of carbonyl (C=O) groups is 1. The second-order valence-corrected chi connectivity index (χ2v) is 11.9. The van der Waals surface area contributed by atoms with Crippen molar-refractivity contribution in [2.45, 2.75) is 10.9 Å². The lowest BCUT2D eigenvalue weighted by atomic mass is 9.96. The Bertz CT molecular complexity index is 1560. The molecule has 1 saturated heterocycles. The summed E-state index contributed by atoms with van der Waals surface area (Å²) in [6, 6.07) is 31.5. The van der Waals surface area contributed by atoms with Gasteiger partial charge in [0, 0.05) is 26.2 Å². The summed E-state index contributed by atoms with van der Waals surface area (Å²) in [6.45, 7) is 2.53. The molecule has 1 heterocycles. The van der Waals surface area contributed by atoms with Gasteiger partial charge in [-0.1, -0.05) is 72.3 Å². The number of halogens is 1. The molecular weight excluding hydrogens is 574 g/mol. The Hall–Kier alpha value is -4.05. The van der Waals surface area contributed by atoms with E-state index in [0.29, 0.717) is 35.3 Å². The van der Waals surface area contributed by atoms with E-state index in [4.69, 9.17) is 21.1 Å². The van der Waals surface area contributed by atoms with Crippen LogP contribution in [0.15, 0.2) is 108 Å². The van der Waals surface area contributed by atoms with Crippen LogP contribution in [0.2, 0.25) is 5.02 Å². The molecule has 218 valence electrons. The molecule has 1 aliphatic heterocycles. The largest absolute Gasteiger partial charge is 0.495 e. The van der Waals surface area contributed by atoms with Crippen molar-refractivity contribution in [2.75, 3.05) is 44.6 Å². The van der Waals surface area contributed by atoms with Crippen LogP contribution in [-0.4, -0.2) is 64.0 Å². The predicted molar refractivity (Wildman–Crippen MR) is 164 cm³/mol.